The molecular formula is C15H23ClF2N2O. The van der Waals surface area contributed by atoms with Crippen LogP contribution in [-0.4, -0.2) is 42.8 Å². The monoisotopic (exact) mass is 320 g/mol. The Morgan fingerprint density at radius 3 is 2.52 bits per heavy atom. The Labute approximate surface area is 130 Å². The van der Waals surface area contributed by atoms with E-state index in [1.807, 2.05) is 0 Å². The van der Waals surface area contributed by atoms with Gasteiger partial charge in [0.2, 0.25) is 0 Å². The SMILES string of the molecule is Cc1ccc([C@@H](CCCO)N2CCNCC2)c(F)c1F.Cl. The van der Waals surface area contributed by atoms with E-state index in [9.17, 15) is 8.78 Å². The molecule has 0 bridgehead atoms. The summed E-state index contributed by atoms with van der Waals surface area (Å²) in [6.45, 7) is 4.96. The molecule has 1 aromatic carbocycles. The molecule has 0 unspecified atom stereocenters. The maximum atomic E-state index is 14.2. The lowest BCUT2D eigenvalue weighted by Crippen LogP contribution is -2.45. The summed E-state index contributed by atoms with van der Waals surface area (Å²) in [6.07, 6.45) is 1.22. The maximum absolute atomic E-state index is 14.2. The Kier molecular flexibility index (Phi) is 7.52. The van der Waals surface area contributed by atoms with Crippen LogP contribution in [0.4, 0.5) is 8.78 Å². The molecule has 0 amide bonds. The zero-order valence-corrected chi connectivity index (χ0v) is 13.1. The van der Waals surface area contributed by atoms with Crippen molar-refractivity contribution in [2.75, 3.05) is 32.8 Å². The Balaban J connectivity index is 0.00000220. The second-order valence-corrected chi connectivity index (χ2v) is 5.27. The van der Waals surface area contributed by atoms with Gasteiger partial charge in [0.05, 0.1) is 0 Å². The molecule has 0 radical (unpaired) electrons. The second kappa shape index (κ2) is 8.63. The van der Waals surface area contributed by atoms with E-state index in [1.165, 1.54) is 0 Å². The lowest BCUT2D eigenvalue weighted by atomic mass is 9.97. The normalized spacial score (nSPS) is 17.3. The van der Waals surface area contributed by atoms with Crippen molar-refractivity contribution >= 4 is 12.4 Å². The number of benzene rings is 1. The lowest BCUT2D eigenvalue weighted by molar-refractivity contribution is 0.151. The number of aryl methyl sites for hydroxylation is 1. The van der Waals surface area contributed by atoms with Gasteiger partial charge in [0.1, 0.15) is 0 Å². The summed E-state index contributed by atoms with van der Waals surface area (Å²) in [4.78, 5) is 2.17. The molecule has 1 aliphatic rings. The minimum atomic E-state index is -0.758. The number of rotatable bonds is 5. The highest BCUT2D eigenvalue weighted by Gasteiger charge is 2.26. The van der Waals surface area contributed by atoms with Gasteiger partial charge in [0, 0.05) is 44.4 Å². The van der Waals surface area contributed by atoms with Crippen molar-refractivity contribution in [2.24, 2.45) is 0 Å². The number of aliphatic hydroxyl groups excluding tert-OH is 1. The van der Waals surface area contributed by atoms with Crippen molar-refractivity contribution < 1.29 is 13.9 Å². The van der Waals surface area contributed by atoms with Gasteiger partial charge in [0.25, 0.3) is 0 Å². The zero-order valence-electron chi connectivity index (χ0n) is 12.2. The summed E-state index contributed by atoms with van der Waals surface area (Å²) in [5.41, 5.74) is 0.732. The molecule has 1 aromatic rings. The van der Waals surface area contributed by atoms with E-state index in [2.05, 4.69) is 10.2 Å². The van der Waals surface area contributed by atoms with Gasteiger partial charge in [-0.2, -0.15) is 0 Å². The van der Waals surface area contributed by atoms with Crippen LogP contribution < -0.4 is 5.32 Å². The van der Waals surface area contributed by atoms with Crippen molar-refractivity contribution in [1.82, 2.24) is 10.2 Å². The van der Waals surface area contributed by atoms with Crippen molar-refractivity contribution in [3.63, 3.8) is 0 Å². The summed E-state index contributed by atoms with van der Waals surface area (Å²) in [7, 11) is 0. The van der Waals surface area contributed by atoms with E-state index in [4.69, 9.17) is 5.11 Å². The van der Waals surface area contributed by atoms with Crippen LogP contribution in [0.5, 0.6) is 0 Å². The van der Waals surface area contributed by atoms with Crippen molar-refractivity contribution in [3.8, 4) is 0 Å². The molecule has 0 aromatic heterocycles. The predicted molar refractivity (Wildman–Crippen MR) is 81.8 cm³/mol. The van der Waals surface area contributed by atoms with Crippen LogP contribution >= 0.6 is 12.4 Å². The van der Waals surface area contributed by atoms with Crippen LogP contribution in [0.1, 0.15) is 30.0 Å². The van der Waals surface area contributed by atoms with Crippen molar-refractivity contribution in [2.45, 2.75) is 25.8 Å². The summed E-state index contributed by atoms with van der Waals surface area (Å²) in [6, 6.07) is 3.14. The third-order valence-corrected chi connectivity index (χ3v) is 3.89. The lowest BCUT2D eigenvalue weighted by Gasteiger charge is -2.35. The second-order valence-electron chi connectivity index (χ2n) is 5.27. The molecule has 21 heavy (non-hydrogen) atoms. The molecule has 1 aliphatic heterocycles. The van der Waals surface area contributed by atoms with E-state index in [-0.39, 0.29) is 25.1 Å². The first kappa shape index (κ1) is 18.3. The summed E-state index contributed by atoms with van der Waals surface area (Å²) in [5.74, 6) is -1.50. The molecule has 1 atom stereocenters. The maximum Gasteiger partial charge on any atom is 0.163 e. The van der Waals surface area contributed by atoms with Gasteiger partial charge in [-0.3, -0.25) is 4.90 Å². The number of hydrogen-bond donors (Lipinski definition) is 2. The molecule has 1 fully saturated rings. The molecule has 1 heterocycles. The molecule has 2 rings (SSSR count). The number of hydrogen-bond acceptors (Lipinski definition) is 3. The average Bonchev–Trinajstić information content (AvgIpc) is 2.48. The number of aliphatic hydroxyl groups is 1. The van der Waals surface area contributed by atoms with Crippen LogP contribution in [0.2, 0.25) is 0 Å². The minimum Gasteiger partial charge on any atom is -0.396 e. The minimum absolute atomic E-state index is 0. The van der Waals surface area contributed by atoms with E-state index in [0.29, 0.717) is 24.0 Å². The molecule has 120 valence electrons. The molecule has 2 N–H and O–H groups in total. The van der Waals surface area contributed by atoms with Crippen molar-refractivity contribution in [1.29, 1.82) is 0 Å². The van der Waals surface area contributed by atoms with Gasteiger partial charge in [-0.1, -0.05) is 12.1 Å². The fourth-order valence-corrected chi connectivity index (χ4v) is 2.73. The van der Waals surface area contributed by atoms with Gasteiger partial charge in [-0.05, 0) is 25.3 Å². The summed E-state index contributed by atoms with van der Waals surface area (Å²) >= 11 is 0. The Morgan fingerprint density at radius 1 is 1.24 bits per heavy atom. The van der Waals surface area contributed by atoms with Gasteiger partial charge in [-0.25, -0.2) is 8.78 Å². The van der Waals surface area contributed by atoms with Gasteiger partial charge < -0.3 is 10.4 Å². The van der Waals surface area contributed by atoms with E-state index in [0.717, 1.165) is 26.2 Å². The quantitative estimate of drug-likeness (QED) is 0.874. The Hall–Kier alpha value is -0.750. The molecule has 3 nitrogen and oxygen atoms in total. The highest BCUT2D eigenvalue weighted by molar-refractivity contribution is 5.85. The molecule has 6 heteroatoms. The first-order valence-electron chi connectivity index (χ1n) is 7.15. The smallest absolute Gasteiger partial charge is 0.163 e. The fraction of sp³-hybridized carbons (Fsp3) is 0.600. The molecule has 0 saturated carbocycles. The van der Waals surface area contributed by atoms with E-state index < -0.39 is 11.6 Å². The third kappa shape index (κ3) is 4.36. The largest absolute Gasteiger partial charge is 0.396 e. The third-order valence-electron chi connectivity index (χ3n) is 3.89. The number of piperazine rings is 1. The van der Waals surface area contributed by atoms with E-state index >= 15 is 0 Å². The molecule has 0 spiro atoms. The van der Waals surface area contributed by atoms with Crippen LogP contribution in [0.3, 0.4) is 0 Å². The van der Waals surface area contributed by atoms with Crippen LogP contribution in [0.25, 0.3) is 0 Å². The van der Waals surface area contributed by atoms with E-state index in [1.54, 1.807) is 19.1 Å². The van der Waals surface area contributed by atoms with Crippen LogP contribution in [-0.2, 0) is 0 Å². The first-order valence-corrected chi connectivity index (χ1v) is 7.15. The predicted octanol–water partition coefficient (Wildman–Crippen LogP) is 2.41. The summed E-state index contributed by atoms with van der Waals surface area (Å²) < 4.78 is 28.0. The highest BCUT2D eigenvalue weighted by atomic mass is 35.5. The molecule has 0 aliphatic carbocycles. The standard InChI is InChI=1S/C15H22F2N2O.ClH/c1-11-4-5-12(15(17)14(11)16)13(3-2-10-20)19-8-6-18-7-9-19;/h4-5,13,18,20H,2-3,6-10H2,1H3;1H/t13-;/m1./s1. The number of nitrogens with one attached hydrogen (secondary N) is 1. The Morgan fingerprint density at radius 2 is 1.90 bits per heavy atom. The van der Waals surface area contributed by atoms with Crippen LogP contribution in [0.15, 0.2) is 12.1 Å². The molecular weight excluding hydrogens is 298 g/mol. The number of nitrogens with zero attached hydrogens (tertiary/aromatic N) is 1. The molecule has 1 saturated heterocycles. The zero-order chi connectivity index (χ0) is 14.5. The van der Waals surface area contributed by atoms with Gasteiger partial charge >= 0.3 is 0 Å². The average molecular weight is 321 g/mol. The number of halogens is 3. The highest BCUT2D eigenvalue weighted by Crippen LogP contribution is 2.30. The topological polar surface area (TPSA) is 35.5 Å². The summed E-state index contributed by atoms with van der Waals surface area (Å²) in [5, 5.41) is 12.3. The van der Waals surface area contributed by atoms with Crippen LogP contribution in [0, 0.1) is 18.6 Å². The van der Waals surface area contributed by atoms with Crippen molar-refractivity contribution in [3.05, 3.63) is 34.9 Å². The Bertz CT molecular complexity index is 454. The first-order chi connectivity index (χ1) is 9.65. The van der Waals surface area contributed by atoms with Gasteiger partial charge in [-0.15, -0.1) is 12.4 Å². The van der Waals surface area contributed by atoms with Gasteiger partial charge in [0.15, 0.2) is 11.6 Å². The fourth-order valence-electron chi connectivity index (χ4n) is 2.73.